The summed E-state index contributed by atoms with van der Waals surface area (Å²) < 4.78 is 41.3. The molecule has 2 aromatic carbocycles. The van der Waals surface area contributed by atoms with Crippen molar-refractivity contribution < 1.29 is 17.6 Å². The molecule has 28 heavy (non-hydrogen) atoms. The number of aryl methyl sites for hydroxylation is 1. The molecule has 0 unspecified atom stereocenters. The molecule has 1 amide bonds. The lowest BCUT2D eigenvalue weighted by atomic mass is 10.1. The van der Waals surface area contributed by atoms with Crippen molar-refractivity contribution in [2.45, 2.75) is 26.4 Å². The maximum atomic E-state index is 12.9. The van der Waals surface area contributed by atoms with Crippen LogP contribution in [0.15, 0.2) is 48.5 Å². The maximum Gasteiger partial charge on any atom is 0.282 e. The number of benzene rings is 2. The van der Waals surface area contributed by atoms with Crippen LogP contribution >= 0.6 is 0 Å². The van der Waals surface area contributed by atoms with Crippen LogP contribution in [0.2, 0.25) is 0 Å². The molecule has 0 radical (unpaired) electrons. The summed E-state index contributed by atoms with van der Waals surface area (Å²) in [5.74, 6) is -0.728. The quantitative estimate of drug-likeness (QED) is 0.801. The predicted octanol–water partition coefficient (Wildman–Crippen LogP) is 2.20. The Labute approximate surface area is 165 Å². The summed E-state index contributed by atoms with van der Waals surface area (Å²) in [6, 6.07) is 13.5. The van der Waals surface area contributed by atoms with E-state index >= 15 is 0 Å². The number of halogens is 1. The first-order chi connectivity index (χ1) is 13.3. The number of carbonyl (C=O) groups is 1. The van der Waals surface area contributed by atoms with Gasteiger partial charge in [0.25, 0.3) is 10.2 Å². The van der Waals surface area contributed by atoms with Crippen molar-refractivity contribution in [2.24, 2.45) is 0 Å². The van der Waals surface area contributed by atoms with Gasteiger partial charge in [0, 0.05) is 26.2 Å². The molecular formula is C20H24FN3O3S. The fourth-order valence-electron chi connectivity index (χ4n) is 3.17. The summed E-state index contributed by atoms with van der Waals surface area (Å²) in [5, 5.41) is 2.69. The molecule has 2 aromatic rings. The summed E-state index contributed by atoms with van der Waals surface area (Å²) in [4.78, 5) is 12.2. The molecule has 1 aliphatic rings. The number of nitrogens with zero attached hydrogens (tertiary/aromatic N) is 2. The molecule has 0 saturated carbocycles. The highest BCUT2D eigenvalue weighted by atomic mass is 32.2. The van der Waals surface area contributed by atoms with Crippen molar-refractivity contribution in [1.82, 2.24) is 13.9 Å². The van der Waals surface area contributed by atoms with Crippen molar-refractivity contribution in [3.63, 3.8) is 0 Å². The second-order valence-electron chi connectivity index (χ2n) is 6.92. The van der Waals surface area contributed by atoms with Crippen LogP contribution in [0.4, 0.5) is 4.39 Å². The van der Waals surface area contributed by atoms with Crippen LogP contribution in [0, 0.1) is 12.7 Å². The van der Waals surface area contributed by atoms with Gasteiger partial charge in [-0.1, -0.05) is 42.0 Å². The largest absolute Gasteiger partial charge is 0.351 e. The summed E-state index contributed by atoms with van der Waals surface area (Å²) in [7, 11) is -3.70. The molecule has 6 nitrogen and oxygen atoms in total. The Morgan fingerprint density at radius 3 is 2.50 bits per heavy atom. The molecule has 0 spiro atoms. The minimum atomic E-state index is -3.70. The number of hydrogen-bond donors (Lipinski definition) is 1. The molecule has 1 heterocycles. The second-order valence-corrected chi connectivity index (χ2v) is 8.85. The summed E-state index contributed by atoms with van der Waals surface area (Å²) >= 11 is 0. The van der Waals surface area contributed by atoms with E-state index in [1.807, 2.05) is 31.2 Å². The molecule has 1 N–H and O–H groups in total. The van der Waals surface area contributed by atoms with Gasteiger partial charge < -0.3 is 5.32 Å². The van der Waals surface area contributed by atoms with Crippen molar-refractivity contribution in [3.05, 3.63) is 71.0 Å². The molecule has 1 fully saturated rings. The third-order valence-corrected chi connectivity index (χ3v) is 6.56. The van der Waals surface area contributed by atoms with Crippen molar-refractivity contribution in [2.75, 3.05) is 19.6 Å². The smallest absolute Gasteiger partial charge is 0.282 e. The van der Waals surface area contributed by atoms with Gasteiger partial charge in [-0.2, -0.15) is 17.0 Å². The van der Waals surface area contributed by atoms with Gasteiger partial charge in [0.05, 0.1) is 6.54 Å². The first-order valence-electron chi connectivity index (χ1n) is 9.16. The van der Waals surface area contributed by atoms with Gasteiger partial charge >= 0.3 is 0 Å². The van der Waals surface area contributed by atoms with Crippen LogP contribution in [0.3, 0.4) is 0 Å². The predicted molar refractivity (Wildman–Crippen MR) is 105 cm³/mol. The lowest BCUT2D eigenvalue weighted by Crippen LogP contribution is -2.52. The SMILES string of the molecule is Cc1cccc(CN2CCCN(CC(=O)NCc3ccc(F)cc3)S2(=O)=O)c1. The zero-order chi connectivity index (χ0) is 20.1. The maximum absolute atomic E-state index is 12.9. The Bertz CT molecular complexity index is 932. The molecule has 0 atom stereocenters. The topological polar surface area (TPSA) is 69.7 Å². The molecule has 150 valence electrons. The number of nitrogens with one attached hydrogen (secondary N) is 1. The molecule has 3 rings (SSSR count). The molecule has 0 aromatic heterocycles. The van der Waals surface area contributed by atoms with Gasteiger partial charge in [0.15, 0.2) is 0 Å². The van der Waals surface area contributed by atoms with E-state index in [0.717, 1.165) is 16.7 Å². The number of hydrogen-bond acceptors (Lipinski definition) is 3. The van der Waals surface area contributed by atoms with Crippen LogP contribution in [-0.2, 0) is 28.1 Å². The molecule has 8 heteroatoms. The van der Waals surface area contributed by atoms with Gasteiger partial charge in [-0.25, -0.2) is 4.39 Å². The highest BCUT2D eigenvalue weighted by molar-refractivity contribution is 7.86. The van der Waals surface area contributed by atoms with Crippen molar-refractivity contribution in [1.29, 1.82) is 0 Å². The van der Waals surface area contributed by atoms with Gasteiger partial charge in [-0.15, -0.1) is 0 Å². The summed E-state index contributed by atoms with van der Waals surface area (Å²) in [6.45, 7) is 3.00. The lowest BCUT2D eigenvalue weighted by molar-refractivity contribution is -0.121. The van der Waals surface area contributed by atoms with Crippen LogP contribution in [-0.4, -0.2) is 42.6 Å². The molecular weight excluding hydrogens is 381 g/mol. The Morgan fingerprint density at radius 1 is 1.07 bits per heavy atom. The normalized spacial score (nSPS) is 17.4. The first kappa shape index (κ1) is 20.4. The summed E-state index contributed by atoms with van der Waals surface area (Å²) in [5.41, 5.74) is 2.74. The monoisotopic (exact) mass is 405 g/mol. The average Bonchev–Trinajstić information content (AvgIpc) is 2.65. The zero-order valence-electron chi connectivity index (χ0n) is 15.8. The Kier molecular flexibility index (Phi) is 6.43. The Morgan fingerprint density at radius 2 is 1.79 bits per heavy atom. The number of carbonyl (C=O) groups excluding carboxylic acids is 1. The second kappa shape index (κ2) is 8.81. The average molecular weight is 405 g/mol. The van der Waals surface area contributed by atoms with E-state index in [-0.39, 0.29) is 31.4 Å². The van der Waals surface area contributed by atoms with Crippen LogP contribution < -0.4 is 5.32 Å². The standard InChI is InChI=1S/C20H24FN3O3S/c1-16-4-2-5-18(12-16)14-23-10-3-11-24(28(23,26)27)15-20(25)22-13-17-6-8-19(21)9-7-17/h2,4-9,12H,3,10-11,13-15H2,1H3,(H,22,25). The van der Waals surface area contributed by atoms with E-state index < -0.39 is 10.2 Å². The van der Waals surface area contributed by atoms with Crippen LogP contribution in [0.25, 0.3) is 0 Å². The Hall–Kier alpha value is -2.29. The van der Waals surface area contributed by atoms with Crippen molar-refractivity contribution in [3.8, 4) is 0 Å². The van der Waals surface area contributed by atoms with E-state index in [1.165, 1.54) is 20.7 Å². The third kappa shape index (κ3) is 5.15. The van der Waals surface area contributed by atoms with E-state index in [2.05, 4.69) is 5.32 Å². The van der Waals surface area contributed by atoms with Crippen molar-refractivity contribution >= 4 is 16.1 Å². The minimum absolute atomic E-state index is 0.222. The number of rotatable bonds is 6. The Balaban J connectivity index is 1.59. The van der Waals surface area contributed by atoms with E-state index in [9.17, 15) is 17.6 Å². The summed E-state index contributed by atoms with van der Waals surface area (Å²) in [6.07, 6.45) is 0.663. The molecule has 1 saturated heterocycles. The fourth-order valence-corrected chi connectivity index (χ4v) is 4.81. The fraction of sp³-hybridized carbons (Fsp3) is 0.350. The van der Waals surface area contributed by atoms with E-state index in [4.69, 9.17) is 0 Å². The molecule has 0 bridgehead atoms. The number of amides is 1. The lowest BCUT2D eigenvalue weighted by Gasteiger charge is -2.34. The van der Waals surface area contributed by atoms with Gasteiger partial charge in [0.1, 0.15) is 5.82 Å². The third-order valence-electron chi connectivity index (χ3n) is 4.63. The van der Waals surface area contributed by atoms with Crippen LogP contribution in [0.1, 0.15) is 23.1 Å². The van der Waals surface area contributed by atoms with Gasteiger partial charge in [-0.3, -0.25) is 4.79 Å². The zero-order valence-corrected chi connectivity index (χ0v) is 16.6. The minimum Gasteiger partial charge on any atom is -0.351 e. The highest BCUT2D eigenvalue weighted by Gasteiger charge is 2.34. The van der Waals surface area contributed by atoms with Gasteiger partial charge in [-0.05, 0) is 36.6 Å². The van der Waals surface area contributed by atoms with E-state index in [1.54, 1.807) is 12.1 Å². The van der Waals surface area contributed by atoms with Gasteiger partial charge in [0.2, 0.25) is 5.91 Å². The van der Waals surface area contributed by atoms with E-state index in [0.29, 0.717) is 19.5 Å². The highest BCUT2D eigenvalue weighted by Crippen LogP contribution is 2.19. The molecule has 0 aliphatic carbocycles. The first-order valence-corrected chi connectivity index (χ1v) is 10.6. The molecule has 1 aliphatic heterocycles. The van der Waals surface area contributed by atoms with Crippen LogP contribution in [0.5, 0.6) is 0 Å².